The predicted octanol–water partition coefficient (Wildman–Crippen LogP) is 5.08. The molecule has 3 rings (SSSR count). The van der Waals surface area contributed by atoms with E-state index in [4.69, 9.17) is 0 Å². The Labute approximate surface area is 152 Å². The molecule has 0 saturated heterocycles. The summed E-state index contributed by atoms with van der Waals surface area (Å²) in [6.45, 7) is 1.57. The van der Waals surface area contributed by atoms with E-state index in [9.17, 15) is 13.2 Å². The van der Waals surface area contributed by atoms with Gasteiger partial charge >= 0.3 is 6.18 Å². The Hall–Kier alpha value is -1.46. The van der Waals surface area contributed by atoms with Gasteiger partial charge in [-0.1, -0.05) is 18.6 Å². The summed E-state index contributed by atoms with van der Waals surface area (Å²) in [6, 6.07) is 7.78. The predicted molar refractivity (Wildman–Crippen MR) is 97.3 cm³/mol. The van der Waals surface area contributed by atoms with E-state index in [1.807, 2.05) is 7.05 Å². The Kier molecular flexibility index (Phi) is 6.58. The summed E-state index contributed by atoms with van der Waals surface area (Å²) >= 11 is 0. The largest absolute Gasteiger partial charge is 0.416 e. The molecular weight excluding hydrogens is 349 g/mol. The first kappa shape index (κ1) is 19.9. The Balaban J connectivity index is 0.00000225. The first-order valence-electron chi connectivity index (χ1n) is 8.54. The second kappa shape index (κ2) is 8.28. The molecule has 2 aromatic rings. The number of aryl methyl sites for hydroxylation is 1. The van der Waals surface area contributed by atoms with Crippen LogP contribution in [0.2, 0.25) is 0 Å². The monoisotopic (exact) mass is 372 g/mol. The fraction of sp³-hybridized carbons (Fsp3) is 0.474. The summed E-state index contributed by atoms with van der Waals surface area (Å²) in [4.78, 5) is 0. The van der Waals surface area contributed by atoms with Gasteiger partial charge in [-0.2, -0.15) is 13.2 Å². The van der Waals surface area contributed by atoms with Gasteiger partial charge in [-0.3, -0.25) is 0 Å². The molecule has 0 fully saturated rings. The molecule has 1 N–H and O–H groups in total. The van der Waals surface area contributed by atoms with Crippen LogP contribution in [0.5, 0.6) is 0 Å². The standard InChI is InChI=1S/C19H23F3N2.ClH/c1-23-10-11-24-17-9-4-2-3-6-15(17)13-18(24)14-7-5-8-16(12-14)19(20,21)22;/h5,7-8,12-13,23H,2-4,6,9-11H2,1H3;1H. The van der Waals surface area contributed by atoms with Crippen LogP contribution < -0.4 is 5.32 Å². The van der Waals surface area contributed by atoms with Crippen molar-refractivity contribution in [2.45, 2.75) is 44.8 Å². The van der Waals surface area contributed by atoms with Gasteiger partial charge in [0.25, 0.3) is 0 Å². The van der Waals surface area contributed by atoms with Crippen LogP contribution >= 0.6 is 12.4 Å². The lowest BCUT2D eigenvalue weighted by Crippen LogP contribution is -2.17. The lowest BCUT2D eigenvalue weighted by Gasteiger charge is -2.15. The van der Waals surface area contributed by atoms with Crippen LogP contribution in [0.25, 0.3) is 11.3 Å². The summed E-state index contributed by atoms with van der Waals surface area (Å²) in [5.74, 6) is 0. The van der Waals surface area contributed by atoms with Crippen molar-refractivity contribution in [3.63, 3.8) is 0 Å². The summed E-state index contributed by atoms with van der Waals surface area (Å²) < 4.78 is 41.4. The molecule has 0 radical (unpaired) electrons. The van der Waals surface area contributed by atoms with Crippen LogP contribution in [-0.2, 0) is 25.6 Å². The van der Waals surface area contributed by atoms with Gasteiger partial charge < -0.3 is 9.88 Å². The van der Waals surface area contributed by atoms with Crippen molar-refractivity contribution < 1.29 is 13.2 Å². The minimum atomic E-state index is -4.31. The van der Waals surface area contributed by atoms with E-state index in [-0.39, 0.29) is 12.4 Å². The maximum absolute atomic E-state index is 13.1. The molecule has 138 valence electrons. The van der Waals surface area contributed by atoms with Crippen LogP contribution in [0.4, 0.5) is 13.2 Å². The minimum Gasteiger partial charge on any atom is -0.343 e. The maximum atomic E-state index is 13.1. The molecular formula is C19H24ClF3N2. The van der Waals surface area contributed by atoms with Gasteiger partial charge in [0.15, 0.2) is 0 Å². The highest BCUT2D eigenvalue weighted by molar-refractivity contribution is 5.85. The molecule has 0 aliphatic heterocycles. The summed E-state index contributed by atoms with van der Waals surface area (Å²) in [5.41, 5.74) is 3.57. The highest BCUT2D eigenvalue weighted by Crippen LogP contribution is 2.35. The van der Waals surface area contributed by atoms with Gasteiger partial charge in [0, 0.05) is 24.5 Å². The number of hydrogen-bond donors (Lipinski definition) is 1. The van der Waals surface area contributed by atoms with Crippen LogP contribution in [0.1, 0.15) is 36.1 Å². The molecule has 0 saturated carbocycles. The molecule has 1 aromatic carbocycles. The molecule has 1 heterocycles. The average molecular weight is 373 g/mol. The topological polar surface area (TPSA) is 17.0 Å². The van der Waals surface area contributed by atoms with Crippen molar-refractivity contribution in [3.8, 4) is 11.3 Å². The van der Waals surface area contributed by atoms with Gasteiger partial charge in [0.1, 0.15) is 0 Å². The molecule has 1 aromatic heterocycles. The Morgan fingerprint density at radius 3 is 2.56 bits per heavy atom. The molecule has 1 aliphatic rings. The van der Waals surface area contributed by atoms with Crippen molar-refractivity contribution >= 4 is 12.4 Å². The fourth-order valence-electron chi connectivity index (χ4n) is 3.51. The zero-order chi connectivity index (χ0) is 17.2. The number of hydrogen-bond acceptors (Lipinski definition) is 1. The van der Waals surface area contributed by atoms with Crippen molar-refractivity contribution in [2.75, 3.05) is 13.6 Å². The van der Waals surface area contributed by atoms with Gasteiger partial charge in [0.05, 0.1) is 5.56 Å². The molecule has 2 nitrogen and oxygen atoms in total. The van der Waals surface area contributed by atoms with Crippen molar-refractivity contribution in [3.05, 3.63) is 47.2 Å². The molecule has 0 unspecified atom stereocenters. The van der Waals surface area contributed by atoms with Gasteiger partial charge in [-0.15, -0.1) is 12.4 Å². The molecule has 0 amide bonds. The molecule has 0 bridgehead atoms. The van der Waals surface area contributed by atoms with Gasteiger partial charge in [-0.25, -0.2) is 0 Å². The third kappa shape index (κ3) is 4.39. The zero-order valence-electron chi connectivity index (χ0n) is 14.3. The van der Waals surface area contributed by atoms with Crippen LogP contribution in [0.15, 0.2) is 30.3 Å². The summed E-state index contributed by atoms with van der Waals surface area (Å²) in [7, 11) is 1.89. The lowest BCUT2D eigenvalue weighted by atomic mass is 10.1. The van der Waals surface area contributed by atoms with Crippen LogP contribution in [0.3, 0.4) is 0 Å². The van der Waals surface area contributed by atoms with E-state index in [2.05, 4.69) is 16.0 Å². The van der Waals surface area contributed by atoms with E-state index in [1.54, 1.807) is 6.07 Å². The average Bonchev–Trinajstić information content (AvgIpc) is 2.73. The highest BCUT2D eigenvalue weighted by Gasteiger charge is 2.30. The normalized spacial score (nSPS) is 14.6. The van der Waals surface area contributed by atoms with E-state index in [0.717, 1.165) is 50.5 Å². The van der Waals surface area contributed by atoms with Gasteiger partial charge in [-0.05, 0) is 62.1 Å². The van der Waals surface area contributed by atoms with Crippen molar-refractivity contribution in [1.29, 1.82) is 0 Å². The molecule has 6 heteroatoms. The van der Waals surface area contributed by atoms with E-state index in [0.29, 0.717) is 5.56 Å². The molecule has 0 spiro atoms. The maximum Gasteiger partial charge on any atom is 0.416 e. The molecule has 25 heavy (non-hydrogen) atoms. The number of alkyl halides is 3. The van der Waals surface area contributed by atoms with E-state index < -0.39 is 11.7 Å². The number of nitrogens with zero attached hydrogens (tertiary/aromatic N) is 1. The van der Waals surface area contributed by atoms with Crippen molar-refractivity contribution in [1.82, 2.24) is 9.88 Å². The number of aromatic nitrogens is 1. The third-order valence-electron chi connectivity index (χ3n) is 4.73. The quantitative estimate of drug-likeness (QED) is 0.740. The van der Waals surface area contributed by atoms with Gasteiger partial charge in [0.2, 0.25) is 0 Å². The number of rotatable bonds is 4. The Bertz CT molecular complexity index is 707. The molecule has 0 atom stereocenters. The zero-order valence-corrected chi connectivity index (χ0v) is 15.1. The summed E-state index contributed by atoms with van der Waals surface area (Å²) in [5, 5.41) is 3.14. The number of nitrogens with one attached hydrogen (secondary N) is 1. The van der Waals surface area contributed by atoms with Crippen molar-refractivity contribution in [2.24, 2.45) is 0 Å². The lowest BCUT2D eigenvalue weighted by molar-refractivity contribution is -0.137. The smallest absolute Gasteiger partial charge is 0.343 e. The Morgan fingerprint density at radius 2 is 1.84 bits per heavy atom. The van der Waals surface area contributed by atoms with E-state index >= 15 is 0 Å². The van der Waals surface area contributed by atoms with Crippen LogP contribution in [0, 0.1) is 0 Å². The Morgan fingerprint density at radius 1 is 1.08 bits per heavy atom. The first-order chi connectivity index (χ1) is 11.5. The number of fused-ring (bicyclic) bond motifs is 1. The van der Waals surface area contributed by atoms with Crippen LogP contribution in [-0.4, -0.2) is 18.2 Å². The highest BCUT2D eigenvalue weighted by atomic mass is 35.5. The second-order valence-corrected chi connectivity index (χ2v) is 6.40. The second-order valence-electron chi connectivity index (χ2n) is 6.40. The summed E-state index contributed by atoms with van der Waals surface area (Å²) in [6.07, 6.45) is 1.25. The first-order valence-corrected chi connectivity index (χ1v) is 8.54. The number of halogens is 4. The SMILES string of the molecule is CNCCn1c(-c2cccc(C(F)(F)F)c2)cc2c1CCCCC2.Cl. The minimum absolute atomic E-state index is 0. The number of likely N-dealkylation sites (N-methyl/N-ethyl adjacent to an activating group) is 1. The molecule has 1 aliphatic carbocycles. The number of benzene rings is 1. The fourth-order valence-corrected chi connectivity index (χ4v) is 3.51. The van der Waals surface area contributed by atoms with E-state index in [1.165, 1.54) is 29.8 Å². The third-order valence-corrected chi connectivity index (χ3v) is 4.73.